The second kappa shape index (κ2) is 9.11. The third kappa shape index (κ3) is 3.25. The number of hydrogen-bond acceptors (Lipinski definition) is 4. The molecule has 5 heteroatoms. The minimum absolute atomic E-state index is 0.0903. The molecule has 0 bridgehead atoms. The van der Waals surface area contributed by atoms with Gasteiger partial charge in [0.25, 0.3) is 0 Å². The maximum absolute atomic E-state index is 6.74. The summed E-state index contributed by atoms with van der Waals surface area (Å²) >= 11 is 0. The molecule has 7 aromatic carbocycles. The van der Waals surface area contributed by atoms with Crippen LogP contribution in [0.2, 0.25) is 0 Å². The molecule has 0 aliphatic carbocycles. The van der Waals surface area contributed by atoms with E-state index in [9.17, 15) is 0 Å². The first kappa shape index (κ1) is 26.2. The van der Waals surface area contributed by atoms with Gasteiger partial charge >= 0.3 is 6.85 Å². The molecule has 4 nitrogen and oxygen atoms in total. The predicted molar refractivity (Wildman–Crippen MR) is 196 cm³/mol. The number of anilines is 5. The molecule has 0 spiro atoms. The van der Waals surface area contributed by atoms with E-state index in [4.69, 9.17) is 9.47 Å². The van der Waals surface area contributed by atoms with Gasteiger partial charge in [-0.25, -0.2) is 0 Å². The van der Waals surface area contributed by atoms with Crippen LogP contribution < -0.4 is 30.1 Å². The molecule has 11 rings (SSSR count). The zero-order valence-corrected chi connectivity index (χ0v) is 26.6. The molecule has 0 atom stereocenters. The third-order valence-electron chi connectivity index (χ3n) is 10.8. The molecule has 0 fully saturated rings. The van der Waals surface area contributed by atoms with Crippen molar-refractivity contribution >= 4 is 57.0 Å². The van der Waals surface area contributed by atoms with E-state index in [1.165, 1.54) is 55.3 Å². The van der Waals surface area contributed by atoms with E-state index in [1.807, 2.05) is 0 Å². The van der Waals surface area contributed by atoms with Crippen LogP contribution in [-0.2, 0) is 5.41 Å². The molecule has 0 radical (unpaired) electrons. The molecule has 0 amide bonds. The molecule has 0 saturated heterocycles. The number of rotatable bonds is 1. The Morgan fingerprint density at radius 3 is 2.17 bits per heavy atom. The molecule has 0 N–H and O–H groups in total. The highest BCUT2D eigenvalue weighted by atomic mass is 16.5. The number of ether oxygens (including phenoxy) is 2. The van der Waals surface area contributed by atoms with Crippen molar-refractivity contribution in [1.82, 2.24) is 0 Å². The fourth-order valence-electron chi connectivity index (χ4n) is 8.70. The molecule has 0 unspecified atom stereocenters. The summed E-state index contributed by atoms with van der Waals surface area (Å²) in [4.78, 5) is 5.02. The molecule has 4 aliphatic heterocycles. The van der Waals surface area contributed by atoms with Gasteiger partial charge in [0.1, 0.15) is 11.5 Å². The summed E-state index contributed by atoms with van der Waals surface area (Å²) < 4.78 is 13.4. The van der Waals surface area contributed by atoms with Crippen LogP contribution in [0.15, 0.2) is 140 Å². The zero-order valence-electron chi connectivity index (χ0n) is 26.6. The van der Waals surface area contributed by atoms with Gasteiger partial charge in [-0.2, -0.15) is 0 Å². The summed E-state index contributed by atoms with van der Waals surface area (Å²) in [6.45, 7) is 4.54. The molecule has 7 aromatic rings. The van der Waals surface area contributed by atoms with Crippen molar-refractivity contribution in [2.24, 2.45) is 0 Å². The Morgan fingerprint density at radius 1 is 0.542 bits per heavy atom. The maximum atomic E-state index is 6.74. The van der Waals surface area contributed by atoms with Gasteiger partial charge in [-0.05, 0) is 76.5 Å². The maximum Gasteiger partial charge on any atom is 0.333 e. The Balaban J connectivity index is 1.30. The lowest BCUT2D eigenvalue weighted by Gasteiger charge is -2.48. The van der Waals surface area contributed by atoms with Crippen LogP contribution >= 0.6 is 0 Å². The van der Waals surface area contributed by atoms with Gasteiger partial charge in [-0.15, -0.1) is 0 Å². The molecule has 4 heterocycles. The van der Waals surface area contributed by atoms with Gasteiger partial charge in [0.15, 0.2) is 11.5 Å². The van der Waals surface area contributed by atoms with Gasteiger partial charge < -0.3 is 19.2 Å². The lowest BCUT2D eigenvalue weighted by atomic mass is 9.43. The predicted octanol–water partition coefficient (Wildman–Crippen LogP) is 10.1. The van der Waals surface area contributed by atoms with Gasteiger partial charge in [0.2, 0.25) is 0 Å². The van der Waals surface area contributed by atoms with Crippen molar-refractivity contribution in [3.05, 3.63) is 151 Å². The summed E-state index contributed by atoms with van der Waals surface area (Å²) in [5.41, 5.74) is 12.8. The highest BCUT2D eigenvalue weighted by Gasteiger charge is 2.49. The molecule has 0 aromatic heterocycles. The second-order valence-electron chi connectivity index (χ2n) is 13.7. The molecule has 48 heavy (non-hydrogen) atoms. The third-order valence-corrected chi connectivity index (χ3v) is 10.8. The lowest BCUT2D eigenvalue weighted by molar-refractivity contribution is 0.418. The average Bonchev–Trinajstić information content (AvgIpc) is 3.12. The van der Waals surface area contributed by atoms with E-state index in [2.05, 4.69) is 163 Å². The summed E-state index contributed by atoms with van der Waals surface area (Å²) in [6.07, 6.45) is 0. The first-order valence-corrected chi connectivity index (χ1v) is 16.6. The van der Waals surface area contributed by atoms with Crippen LogP contribution in [0.5, 0.6) is 23.0 Å². The van der Waals surface area contributed by atoms with E-state index in [1.54, 1.807) is 0 Å². The Morgan fingerprint density at radius 2 is 1.27 bits per heavy atom. The highest BCUT2D eigenvalue weighted by Crippen LogP contribution is 2.57. The van der Waals surface area contributed by atoms with Crippen LogP contribution in [0, 0.1) is 0 Å². The first-order valence-electron chi connectivity index (χ1n) is 16.6. The minimum Gasteiger partial charge on any atom is -0.457 e. The molecule has 4 aliphatic rings. The smallest absolute Gasteiger partial charge is 0.333 e. The monoisotopic (exact) mass is 616 g/mol. The Hall–Kier alpha value is -5.94. The highest BCUT2D eigenvalue weighted by molar-refractivity contribution is 6.94. The molecule has 226 valence electrons. The zero-order chi connectivity index (χ0) is 31.7. The normalized spacial score (nSPS) is 15.2. The molecule has 0 saturated carbocycles. The fraction of sp³-hybridized carbons (Fsp3) is 0.0698. The number of fused-ring (bicyclic) bond motifs is 10. The number of benzene rings is 7. The van der Waals surface area contributed by atoms with Gasteiger partial charge in [0.05, 0.1) is 17.1 Å². The van der Waals surface area contributed by atoms with Crippen LogP contribution in [0.25, 0.3) is 21.9 Å². The summed E-state index contributed by atoms with van der Waals surface area (Å²) in [5, 5.41) is 2.43. The van der Waals surface area contributed by atoms with Crippen molar-refractivity contribution in [2.45, 2.75) is 19.3 Å². The van der Waals surface area contributed by atoms with E-state index < -0.39 is 0 Å². The summed E-state index contributed by atoms with van der Waals surface area (Å²) in [6, 6.07) is 50.2. The Bertz CT molecular complexity index is 2520. The first-order chi connectivity index (χ1) is 23.6. The van der Waals surface area contributed by atoms with Crippen LogP contribution in [0.4, 0.5) is 28.4 Å². The number of hydrogen-bond donors (Lipinski definition) is 0. The fourth-order valence-corrected chi connectivity index (χ4v) is 8.70. The van der Waals surface area contributed by atoms with Crippen molar-refractivity contribution in [3.8, 4) is 34.1 Å². The standard InChI is InChI=1S/C43H29BN2O2/c1-43(2)31-17-8-10-20-36(31)47-39-24-29-30-23-26-13-6-7-16-28(26)41-40(30)44(46(35(29)25-32(39)43)27-14-4-3-5-15-27)33-18-12-22-38-42(33)45(41)34-19-9-11-21-37(34)48-38/h3-25H,1-2H3. The van der Waals surface area contributed by atoms with Gasteiger partial charge in [-0.1, -0.05) is 98.8 Å². The Labute approximate surface area is 279 Å². The van der Waals surface area contributed by atoms with Crippen LogP contribution in [0.3, 0.4) is 0 Å². The second-order valence-corrected chi connectivity index (χ2v) is 13.7. The topological polar surface area (TPSA) is 24.9 Å². The van der Waals surface area contributed by atoms with E-state index >= 15 is 0 Å². The molecular weight excluding hydrogens is 587 g/mol. The lowest BCUT2D eigenvalue weighted by Crippen LogP contribution is -2.62. The average molecular weight is 617 g/mol. The summed E-state index contributed by atoms with van der Waals surface area (Å²) in [5.74, 6) is 3.58. The van der Waals surface area contributed by atoms with E-state index in [-0.39, 0.29) is 12.3 Å². The van der Waals surface area contributed by atoms with Crippen LogP contribution in [-0.4, -0.2) is 6.85 Å². The summed E-state index contributed by atoms with van der Waals surface area (Å²) in [7, 11) is 0. The number of para-hydroxylation sites is 5. The van der Waals surface area contributed by atoms with Gasteiger partial charge in [0, 0.05) is 38.9 Å². The largest absolute Gasteiger partial charge is 0.457 e. The quantitative estimate of drug-likeness (QED) is 0.171. The van der Waals surface area contributed by atoms with Crippen molar-refractivity contribution in [2.75, 3.05) is 9.71 Å². The van der Waals surface area contributed by atoms with Crippen molar-refractivity contribution in [3.63, 3.8) is 0 Å². The van der Waals surface area contributed by atoms with Crippen molar-refractivity contribution < 1.29 is 9.47 Å². The Kier molecular flexibility index (Phi) is 4.97. The molecular formula is C43H29BN2O2. The SMILES string of the molecule is CC1(C)c2ccccc2Oc2cc3c(cc21)N(c1ccccc1)B1c2cccc4c2N(c2ccccc2O4)c2c1c-3cc1ccccc21. The van der Waals surface area contributed by atoms with E-state index in [0.717, 1.165) is 40.1 Å². The minimum atomic E-state index is -0.247. The van der Waals surface area contributed by atoms with Crippen molar-refractivity contribution in [1.29, 1.82) is 0 Å². The number of nitrogens with zero attached hydrogens (tertiary/aromatic N) is 2. The van der Waals surface area contributed by atoms with Crippen LogP contribution in [0.1, 0.15) is 25.0 Å². The van der Waals surface area contributed by atoms with E-state index in [0.29, 0.717) is 0 Å². The van der Waals surface area contributed by atoms with Gasteiger partial charge in [-0.3, -0.25) is 0 Å².